The van der Waals surface area contributed by atoms with Crippen LogP contribution in [0, 0.1) is 6.92 Å². The van der Waals surface area contributed by atoms with Crippen molar-refractivity contribution in [3.8, 4) is 0 Å². The molecule has 3 N–H and O–H groups in total. The highest BCUT2D eigenvalue weighted by Crippen LogP contribution is 2.16. The summed E-state index contributed by atoms with van der Waals surface area (Å²) in [7, 11) is 0. The van der Waals surface area contributed by atoms with E-state index < -0.39 is 17.9 Å². The topological polar surface area (TPSA) is 94.3 Å². The number of nitrogens with two attached hydrogens (primary N) is 1. The van der Waals surface area contributed by atoms with Crippen LogP contribution in [0.25, 0.3) is 0 Å². The number of carbonyl (C=O) groups is 2. The summed E-state index contributed by atoms with van der Waals surface area (Å²) in [6.45, 7) is 3.55. The molecule has 1 amide bonds. The molecule has 1 aromatic rings. The second-order valence-corrected chi connectivity index (χ2v) is 3.91. The summed E-state index contributed by atoms with van der Waals surface area (Å²) in [6.07, 6.45) is 1.38. The standard InChI is InChI=1S/C11H14ClN3O3/c1-3-18-11(17)8(13)10(16)15-7-4-6(2)9(12)14-5-7/h4-5,8H,3,13H2,1-2H3,(H,15,16). The van der Waals surface area contributed by atoms with Crippen LogP contribution in [0.5, 0.6) is 0 Å². The van der Waals surface area contributed by atoms with Crippen LogP contribution in [0.1, 0.15) is 12.5 Å². The minimum absolute atomic E-state index is 0.168. The smallest absolute Gasteiger partial charge is 0.332 e. The molecule has 98 valence electrons. The van der Waals surface area contributed by atoms with Crippen LogP contribution >= 0.6 is 11.6 Å². The molecular weight excluding hydrogens is 258 g/mol. The number of nitrogens with one attached hydrogen (secondary N) is 1. The van der Waals surface area contributed by atoms with Crippen molar-refractivity contribution in [1.82, 2.24) is 4.98 Å². The first-order valence-electron chi connectivity index (χ1n) is 5.31. The average molecular weight is 272 g/mol. The van der Waals surface area contributed by atoms with Crippen molar-refractivity contribution in [2.75, 3.05) is 11.9 Å². The quantitative estimate of drug-likeness (QED) is 0.481. The van der Waals surface area contributed by atoms with E-state index in [4.69, 9.17) is 17.3 Å². The number of aromatic nitrogens is 1. The molecule has 0 fully saturated rings. The fourth-order valence-electron chi connectivity index (χ4n) is 1.19. The summed E-state index contributed by atoms with van der Waals surface area (Å²) >= 11 is 5.75. The number of halogens is 1. The first kappa shape index (κ1) is 14.4. The lowest BCUT2D eigenvalue weighted by atomic mass is 10.2. The molecular formula is C11H14ClN3O3. The normalized spacial score (nSPS) is 11.8. The van der Waals surface area contributed by atoms with E-state index in [1.165, 1.54) is 6.20 Å². The van der Waals surface area contributed by atoms with Crippen LogP contribution in [-0.2, 0) is 14.3 Å². The minimum atomic E-state index is -1.36. The molecule has 1 aromatic heterocycles. The van der Waals surface area contributed by atoms with Crippen molar-refractivity contribution in [1.29, 1.82) is 0 Å². The number of esters is 1. The summed E-state index contributed by atoms with van der Waals surface area (Å²) in [5, 5.41) is 2.81. The van der Waals surface area contributed by atoms with Gasteiger partial charge in [-0.15, -0.1) is 0 Å². The lowest BCUT2D eigenvalue weighted by molar-refractivity contribution is -0.146. The highest BCUT2D eigenvalue weighted by Gasteiger charge is 2.23. The second kappa shape index (κ2) is 6.32. The van der Waals surface area contributed by atoms with Gasteiger partial charge in [-0.2, -0.15) is 0 Å². The number of nitrogens with zero attached hydrogens (tertiary/aromatic N) is 1. The molecule has 1 rings (SSSR count). The van der Waals surface area contributed by atoms with Gasteiger partial charge in [0.2, 0.25) is 0 Å². The third-order valence-electron chi connectivity index (χ3n) is 2.10. The molecule has 0 radical (unpaired) electrons. The van der Waals surface area contributed by atoms with Gasteiger partial charge in [0.1, 0.15) is 5.15 Å². The Bertz CT molecular complexity index is 465. The molecule has 6 nitrogen and oxygen atoms in total. The van der Waals surface area contributed by atoms with Gasteiger partial charge in [-0.3, -0.25) is 4.79 Å². The van der Waals surface area contributed by atoms with Gasteiger partial charge in [0.25, 0.3) is 5.91 Å². The molecule has 1 atom stereocenters. The van der Waals surface area contributed by atoms with Gasteiger partial charge in [-0.1, -0.05) is 11.6 Å². The molecule has 1 unspecified atom stereocenters. The predicted molar refractivity (Wildman–Crippen MR) is 67.2 cm³/mol. The molecule has 0 saturated carbocycles. The summed E-state index contributed by atoms with van der Waals surface area (Å²) in [4.78, 5) is 26.7. The molecule has 0 aliphatic carbocycles. The lowest BCUT2D eigenvalue weighted by Crippen LogP contribution is -2.43. The Labute approximate surface area is 109 Å². The zero-order valence-electron chi connectivity index (χ0n) is 10.1. The monoisotopic (exact) mass is 271 g/mol. The Hall–Kier alpha value is -1.66. The zero-order chi connectivity index (χ0) is 13.7. The number of rotatable bonds is 4. The first-order valence-corrected chi connectivity index (χ1v) is 5.68. The lowest BCUT2D eigenvalue weighted by Gasteiger charge is -2.11. The van der Waals surface area contributed by atoms with Crippen molar-refractivity contribution in [3.63, 3.8) is 0 Å². The van der Waals surface area contributed by atoms with Crippen LogP contribution in [0.15, 0.2) is 12.3 Å². The van der Waals surface area contributed by atoms with Crippen molar-refractivity contribution in [2.24, 2.45) is 5.73 Å². The van der Waals surface area contributed by atoms with Crippen molar-refractivity contribution in [2.45, 2.75) is 19.9 Å². The van der Waals surface area contributed by atoms with Crippen molar-refractivity contribution in [3.05, 3.63) is 23.0 Å². The number of carbonyl (C=O) groups excluding carboxylic acids is 2. The van der Waals surface area contributed by atoms with Crippen LogP contribution < -0.4 is 11.1 Å². The van der Waals surface area contributed by atoms with E-state index in [1.807, 2.05) is 0 Å². The van der Waals surface area contributed by atoms with E-state index in [0.29, 0.717) is 16.4 Å². The number of anilines is 1. The van der Waals surface area contributed by atoms with Gasteiger partial charge >= 0.3 is 5.97 Å². The number of hydrogen-bond donors (Lipinski definition) is 2. The SMILES string of the molecule is CCOC(=O)C(N)C(=O)Nc1cnc(Cl)c(C)c1. The fraction of sp³-hybridized carbons (Fsp3) is 0.364. The Balaban J connectivity index is 2.69. The van der Waals surface area contributed by atoms with E-state index >= 15 is 0 Å². The Morgan fingerprint density at radius 3 is 2.83 bits per heavy atom. The third kappa shape index (κ3) is 3.68. The summed E-state index contributed by atoms with van der Waals surface area (Å²) < 4.78 is 4.64. The van der Waals surface area contributed by atoms with Gasteiger partial charge in [-0.25, -0.2) is 9.78 Å². The number of aryl methyl sites for hydroxylation is 1. The maximum atomic E-state index is 11.6. The van der Waals surface area contributed by atoms with Crippen molar-refractivity contribution >= 4 is 29.2 Å². The molecule has 0 bridgehead atoms. The number of ether oxygens (including phenoxy) is 1. The van der Waals surface area contributed by atoms with Crippen LogP contribution in [-0.4, -0.2) is 29.5 Å². The Morgan fingerprint density at radius 2 is 2.28 bits per heavy atom. The highest BCUT2D eigenvalue weighted by molar-refractivity contribution is 6.30. The van der Waals surface area contributed by atoms with Gasteiger partial charge in [0, 0.05) is 0 Å². The summed E-state index contributed by atoms with van der Waals surface area (Å²) in [5.41, 5.74) is 6.56. The van der Waals surface area contributed by atoms with E-state index in [-0.39, 0.29) is 6.61 Å². The maximum Gasteiger partial charge on any atom is 0.332 e. The number of pyridine rings is 1. The summed E-state index contributed by atoms with van der Waals surface area (Å²) in [6, 6.07) is 0.270. The largest absolute Gasteiger partial charge is 0.464 e. The third-order valence-corrected chi connectivity index (χ3v) is 2.50. The molecule has 0 aromatic carbocycles. The van der Waals surface area contributed by atoms with Crippen LogP contribution in [0.4, 0.5) is 5.69 Å². The number of amides is 1. The van der Waals surface area contributed by atoms with Gasteiger partial charge in [-0.05, 0) is 25.5 Å². The molecule has 0 spiro atoms. The van der Waals surface area contributed by atoms with Gasteiger partial charge in [0.05, 0.1) is 18.5 Å². The van der Waals surface area contributed by atoms with E-state index in [1.54, 1.807) is 19.9 Å². The molecule has 1 heterocycles. The van der Waals surface area contributed by atoms with Crippen LogP contribution in [0.3, 0.4) is 0 Å². The van der Waals surface area contributed by atoms with Gasteiger partial charge < -0.3 is 15.8 Å². The Morgan fingerprint density at radius 1 is 1.61 bits per heavy atom. The zero-order valence-corrected chi connectivity index (χ0v) is 10.8. The van der Waals surface area contributed by atoms with E-state index in [9.17, 15) is 9.59 Å². The van der Waals surface area contributed by atoms with E-state index in [2.05, 4.69) is 15.0 Å². The molecule has 0 aliphatic rings. The van der Waals surface area contributed by atoms with Crippen LogP contribution in [0.2, 0.25) is 5.15 Å². The molecule has 18 heavy (non-hydrogen) atoms. The molecule has 0 aliphatic heterocycles. The van der Waals surface area contributed by atoms with Crippen molar-refractivity contribution < 1.29 is 14.3 Å². The first-order chi connectivity index (χ1) is 8.45. The maximum absolute atomic E-state index is 11.6. The molecule has 0 saturated heterocycles. The predicted octanol–water partition coefficient (Wildman–Crippen LogP) is 0.872. The average Bonchev–Trinajstić information content (AvgIpc) is 2.33. The number of hydrogen-bond acceptors (Lipinski definition) is 5. The fourth-order valence-corrected chi connectivity index (χ4v) is 1.29. The summed E-state index contributed by atoms with van der Waals surface area (Å²) in [5.74, 6) is -1.43. The minimum Gasteiger partial charge on any atom is -0.464 e. The van der Waals surface area contributed by atoms with E-state index in [0.717, 1.165) is 0 Å². The highest BCUT2D eigenvalue weighted by atomic mass is 35.5. The molecule has 7 heteroatoms. The van der Waals surface area contributed by atoms with Gasteiger partial charge in [0.15, 0.2) is 6.04 Å². The second-order valence-electron chi connectivity index (χ2n) is 3.55. The Kier molecular flexibility index (Phi) is 5.06.